The summed E-state index contributed by atoms with van der Waals surface area (Å²) in [5.41, 5.74) is 6.99. The minimum atomic E-state index is -0.833. The highest BCUT2D eigenvalue weighted by molar-refractivity contribution is 5.95. The molecule has 2 heterocycles. The van der Waals surface area contributed by atoms with Gasteiger partial charge in [-0.05, 0) is 48.0 Å². The van der Waals surface area contributed by atoms with Crippen molar-refractivity contribution in [1.29, 1.82) is 5.41 Å². The molecule has 0 aliphatic rings. The number of aromatic amines is 1. The number of carbonyl (C=O) groups is 1. The third kappa shape index (κ3) is 7.87. The molecule has 4 rings (SSSR count). The number of rotatable bonds is 10. The maximum absolute atomic E-state index is 12.7. The fourth-order valence-corrected chi connectivity index (χ4v) is 3.35. The normalized spacial score (nSPS) is 11.1. The summed E-state index contributed by atoms with van der Waals surface area (Å²) in [6.45, 7) is 1.04. The van der Waals surface area contributed by atoms with Gasteiger partial charge in [-0.25, -0.2) is 14.8 Å². The number of anilines is 1. The van der Waals surface area contributed by atoms with Crippen molar-refractivity contribution in [2.24, 2.45) is 5.73 Å². The van der Waals surface area contributed by atoms with Gasteiger partial charge in [0.15, 0.2) is 5.82 Å². The Bertz CT molecular complexity index is 1450. The fraction of sp³-hybridized carbons (Fsp3) is 0.200. The number of nitrogens with two attached hydrogens (primary N) is 1. The molecule has 0 aliphatic carbocycles. The molecule has 0 aliphatic heterocycles. The molecule has 1 unspecified atom stereocenters. The van der Waals surface area contributed by atoms with E-state index in [2.05, 4.69) is 25.4 Å². The molecule has 0 fully saturated rings. The molecule has 7 N–H and O–H groups in total. The van der Waals surface area contributed by atoms with Crippen LogP contribution in [0.5, 0.6) is 11.5 Å². The highest BCUT2D eigenvalue weighted by Gasteiger charge is 2.22. The molecule has 39 heavy (non-hydrogen) atoms. The Hall–Kier alpha value is -5.24. The van der Waals surface area contributed by atoms with Gasteiger partial charge in [0.25, 0.3) is 11.9 Å². The molecular formula is C25H28N8O6. The van der Waals surface area contributed by atoms with Crippen LogP contribution in [-0.2, 0) is 4.79 Å². The molecule has 0 amide bonds. The number of aromatic nitrogens is 5. The van der Waals surface area contributed by atoms with E-state index in [1.165, 1.54) is 19.5 Å². The minimum absolute atomic E-state index is 0.0440. The number of nitrogens with zero attached hydrogens (tertiary/aromatic N) is 4. The van der Waals surface area contributed by atoms with Gasteiger partial charge in [0.1, 0.15) is 30.0 Å². The topological polar surface area (TPSA) is 214 Å². The van der Waals surface area contributed by atoms with Crippen molar-refractivity contribution < 1.29 is 24.5 Å². The van der Waals surface area contributed by atoms with Gasteiger partial charge in [0, 0.05) is 36.6 Å². The molecule has 0 radical (unpaired) electrons. The molecule has 0 bridgehead atoms. The van der Waals surface area contributed by atoms with Crippen LogP contribution in [0, 0.1) is 5.41 Å². The van der Waals surface area contributed by atoms with E-state index in [1.807, 2.05) is 0 Å². The molecule has 1 atom stereocenters. The lowest BCUT2D eigenvalue weighted by Gasteiger charge is -2.20. The van der Waals surface area contributed by atoms with Gasteiger partial charge < -0.3 is 30.7 Å². The lowest BCUT2D eigenvalue weighted by molar-refractivity contribution is -0.134. The Morgan fingerprint density at radius 2 is 1.82 bits per heavy atom. The number of hydrogen-bond acceptors (Lipinski definition) is 10. The van der Waals surface area contributed by atoms with Gasteiger partial charge in [0.2, 0.25) is 0 Å². The number of carboxylic acid groups (broad SMARTS) is 1. The average molecular weight is 537 g/mol. The number of benzene rings is 2. The molecule has 204 valence electrons. The van der Waals surface area contributed by atoms with Crippen molar-refractivity contribution in [3.8, 4) is 17.4 Å². The first-order valence-electron chi connectivity index (χ1n) is 11.5. The number of ether oxygens (including phenoxy) is 2. The highest BCUT2D eigenvalue weighted by Crippen LogP contribution is 2.31. The Labute approximate surface area is 222 Å². The van der Waals surface area contributed by atoms with Crippen LogP contribution in [0.2, 0.25) is 0 Å². The molecule has 14 nitrogen and oxygen atoms in total. The van der Waals surface area contributed by atoms with Gasteiger partial charge in [-0.15, -0.1) is 9.78 Å². The maximum Gasteiger partial charge on any atom is 0.350 e. The molecule has 0 saturated heterocycles. The second kappa shape index (κ2) is 13.3. The Morgan fingerprint density at radius 3 is 2.41 bits per heavy atom. The number of aliphatic hydroxyl groups is 1. The van der Waals surface area contributed by atoms with E-state index < -0.39 is 17.7 Å². The number of aliphatic carboxylic acids is 1. The van der Waals surface area contributed by atoms with Crippen LogP contribution in [0.25, 0.3) is 5.95 Å². The van der Waals surface area contributed by atoms with Crippen LogP contribution in [0.3, 0.4) is 0 Å². The Kier molecular flexibility index (Phi) is 9.70. The van der Waals surface area contributed by atoms with Crippen LogP contribution >= 0.6 is 0 Å². The van der Waals surface area contributed by atoms with E-state index in [0.29, 0.717) is 34.1 Å². The van der Waals surface area contributed by atoms with Crippen molar-refractivity contribution in [3.63, 3.8) is 0 Å². The number of amidine groups is 1. The van der Waals surface area contributed by atoms with Crippen LogP contribution in [-0.4, -0.2) is 67.1 Å². The van der Waals surface area contributed by atoms with Crippen molar-refractivity contribution in [2.75, 3.05) is 25.6 Å². The predicted molar refractivity (Wildman–Crippen MR) is 142 cm³/mol. The zero-order valence-corrected chi connectivity index (χ0v) is 21.2. The Balaban J connectivity index is 0.000000983. The number of H-pyrrole nitrogens is 1. The summed E-state index contributed by atoms with van der Waals surface area (Å²) in [5.74, 6) is 0.529. The monoisotopic (exact) mass is 536 g/mol. The van der Waals surface area contributed by atoms with Crippen LogP contribution < -0.4 is 26.2 Å². The number of methoxy groups -OCH3 is 1. The summed E-state index contributed by atoms with van der Waals surface area (Å²) in [7, 11) is 1.53. The average Bonchev–Trinajstić information content (AvgIpc) is 3.31. The number of nitrogens with one attached hydrogen (secondary N) is 3. The summed E-state index contributed by atoms with van der Waals surface area (Å²) >= 11 is 0. The quantitative estimate of drug-likeness (QED) is 0.125. The standard InChI is InChI=1S/C23H24N8O4.C2H4O2/c1-34-17-11-15(12-18(13-17)35-10-9-32)19(28-16-5-3-14(4-6-16)20(24)25)21-29-23(33)31(30-21)22-26-7-2-8-27-22;1-2(3)4/h2-8,11-13,19,28,32H,9-10H2,1H3,(H3,24,25)(H,29,30,33);1H3,(H,3,4). The van der Waals surface area contributed by atoms with E-state index in [9.17, 15) is 4.79 Å². The second-order valence-corrected chi connectivity index (χ2v) is 7.88. The zero-order chi connectivity index (χ0) is 28.4. The highest BCUT2D eigenvalue weighted by atomic mass is 16.5. The number of hydrogen-bond donors (Lipinski definition) is 6. The first kappa shape index (κ1) is 28.3. The van der Waals surface area contributed by atoms with Gasteiger partial charge in [-0.2, -0.15) is 0 Å². The van der Waals surface area contributed by atoms with Gasteiger partial charge >= 0.3 is 5.69 Å². The number of carboxylic acids is 1. The van der Waals surface area contributed by atoms with E-state index in [-0.39, 0.29) is 25.0 Å². The molecule has 2 aromatic heterocycles. The molecule has 2 aromatic carbocycles. The summed E-state index contributed by atoms with van der Waals surface area (Å²) in [6.07, 6.45) is 3.03. The Morgan fingerprint density at radius 1 is 1.18 bits per heavy atom. The minimum Gasteiger partial charge on any atom is -0.497 e. The predicted octanol–water partition coefficient (Wildman–Crippen LogP) is 1.31. The smallest absolute Gasteiger partial charge is 0.350 e. The summed E-state index contributed by atoms with van der Waals surface area (Å²) < 4.78 is 12.1. The summed E-state index contributed by atoms with van der Waals surface area (Å²) in [4.78, 5) is 32.7. The summed E-state index contributed by atoms with van der Waals surface area (Å²) in [5, 5.41) is 31.9. The van der Waals surface area contributed by atoms with Crippen molar-refractivity contribution in [1.82, 2.24) is 24.7 Å². The first-order valence-corrected chi connectivity index (χ1v) is 11.5. The first-order chi connectivity index (χ1) is 18.7. The van der Waals surface area contributed by atoms with Crippen molar-refractivity contribution in [2.45, 2.75) is 13.0 Å². The number of nitrogen functional groups attached to an aromatic ring is 1. The van der Waals surface area contributed by atoms with E-state index in [4.69, 9.17) is 35.6 Å². The SMILES string of the molecule is CC(=O)O.COc1cc(OCCO)cc(C(Nc2ccc(C(=N)N)cc2)c2nn(-c3ncccn3)c(=O)[nH]2)c1. The molecule has 4 aromatic rings. The molecular weight excluding hydrogens is 508 g/mol. The van der Waals surface area contributed by atoms with Gasteiger partial charge in [0.05, 0.1) is 13.7 Å². The molecule has 0 spiro atoms. The summed E-state index contributed by atoms with van der Waals surface area (Å²) in [6, 6.07) is 13.2. The van der Waals surface area contributed by atoms with Crippen molar-refractivity contribution in [3.05, 3.63) is 88.4 Å². The van der Waals surface area contributed by atoms with Gasteiger partial charge in [-0.3, -0.25) is 15.2 Å². The molecule has 0 saturated carbocycles. The van der Waals surface area contributed by atoms with Crippen molar-refractivity contribution >= 4 is 17.5 Å². The van der Waals surface area contributed by atoms with E-state index in [1.54, 1.807) is 48.5 Å². The third-order valence-electron chi connectivity index (χ3n) is 4.99. The van der Waals surface area contributed by atoms with E-state index >= 15 is 0 Å². The van der Waals surface area contributed by atoms with E-state index in [0.717, 1.165) is 11.6 Å². The maximum atomic E-state index is 12.7. The van der Waals surface area contributed by atoms with Crippen LogP contribution in [0.4, 0.5) is 5.69 Å². The van der Waals surface area contributed by atoms with Gasteiger partial charge in [-0.1, -0.05) is 0 Å². The molecule has 14 heteroatoms. The fourth-order valence-electron chi connectivity index (χ4n) is 3.35. The third-order valence-corrected chi connectivity index (χ3v) is 4.99. The lowest BCUT2D eigenvalue weighted by Crippen LogP contribution is -2.18. The lowest BCUT2D eigenvalue weighted by atomic mass is 10.0. The second-order valence-electron chi connectivity index (χ2n) is 7.88. The zero-order valence-electron chi connectivity index (χ0n) is 21.2. The van der Waals surface area contributed by atoms with Crippen LogP contribution in [0.15, 0.2) is 65.7 Å². The largest absolute Gasteiger partial charge is 0.497 e. The number of aliphatic hydroxyl groups excluding tert-OH is 1. The van der Waals surface area contributed by atoms with Crippen LogP contribution in [0.1, 0.15) is 29.9 Å².